The third kappa shape index (κ3) is 3.82. The van der Waals surface area contributed by atoms with Crippen LogP contribution in [0.15, 0.2) is 60.8 Å². The van der Waals surface area contributed by atoms with Gasteiger partial charge in [-0.1, -0.05) is 36.4 Å². The van der Waals surface area contributed by atoms with Crippen LogP contribution >= 0.6 is 0 Å². The van der Waals surface area contributed by atoms with Crippen LogP contribution in [0.2, 0.25) is 0 Å². The average Bonchev–Trinajstić information content (AvgIpc) is 3.55. The van der Waals surface area contributed by atoms with E-state index in [0.717, 1.165) is 42.7 Å². The van der Waals surface area contributed by atoms with E-state index in [-0.39, 0.29) is 11.8 Å². The number of likely N-dealkylation sites (tertiary alicyclic amines) is 1. The van der Waals surface area contributed by atoms with Crippen molar-refractivity contribution in [3.05, 3.63) is 94.2 Å². The molecule has 178 valence electrons. The fourth-order valence-electron chi connectivity index (χ4n) is 6.17. The van der Waals surface area contributed by atoms with Crippen LogP contribution in [0.1, 0.15) is 50.5 Å². The predicted octanol–water partition coefficient (Wildman–Crippen LogP) is 3.60. The van der Waals surface area contributed by atoms with Crippen LogP contribution in [0.5, 0.6) is 0 Å². The van der Waals surface area contributed by atoms with Gasteiger partial charge in [0.1, 0.15) is 5.82 Å². The molecule has 1 spiro atoms. The molecule has 1 unspecified atom stereocenters. The van der Waals surface area contributed by atoms with Gasteiger partial charge in [-0.25, -0.2) is 4.98 Å². The summed E-state index contributed by atoms with van der Waals surface area (Å²) >= 11 is 0. The van der Waals surface area contributed by atoms with E-state index < -0.39 is 5.41 Å². The van der Waals surface area contributed by atoms with E-state index in [1.165, 1.54) is 11.1 Å². The summed E-state index contributed by atoms with van der Waals surface area (Å²) in [5.41, 5.74) is 6.03. The Hall–Kier alpha value is -3.51. The maximum atomic E-state index is 12.9. The van der Waals surface area contributed by atoms with Gasteiger partial charge in [0.25, 0.3) is 5.91 Å². The second kappa shape index (κ2) is 8.61. The monoisotopic (exact) mass is 466 g/mol. The maximum absolute atomic E-state index is 12.9. The lowest BCUT2D eigenvalue weighted by Gasteiger charge is -2.20. The number of aryl methyl sites for hydroxylation is 1. The number of amides is 2. The molecule has 0 radical (unpaired) electrons. The highest BCUT2D eigenvalue weighted by Crippen LogP contribution is 2.46. The lowest BCUT2D eigenvalue weighted by molar-refractivity contribution is -0.120. The number of fused-ring (bicyclic) bond motifs is 3. The van der Waals surface area contributed by atoms with Gasteiger partial charge in [0, 0.05) is 37.0 Å². The van der Waals surface area contributed by atoms with E-state index in [1.807, 2.05) is 30.3 Å². The van der Waals surface area contributed by atoms with E-state index in [9.17, 15) is 9.59 Å². The molecule has 3 aromatic rings. The fraction of sp³-hybridized carbons (Fsp3) is 0.345. The Bertz CT molecular complexity index is 1320. The topological polar surface area (TPSA) is 74.3 Å². The molecular formula is C29H30N4O2. The van der Waals surface area contributed by atoms with E-state index in [1.54, 1.807) is 6.20 Å². The van der Waals surface area contributed by atoms with Crippen LogP contribution in [0.3, 0.4) is 0 Å². The molecular weight excluding hydrogens is 436 g/mol. The Morgan fingerprint density at radius 2 is 2.00 bits per heavy atom. The van der Waals surface area contributed by atoms with Crippen molar-refractivity contribution in [2.45, 2.75) is 37.5 Å². The molecule has 6 nitrogen and oxygen atoms in total. The van der Waals surface area contributed by atoms with E-state index >= 15 is 0 Å². The smallest absolute Gasteiger partial charge is 0.251 e. The number of carbonyl (C=O) groups is 2. The van der Waals surface area contributed by atoms with E-state index in [4.69, 9.17) is 0 Å². The highest BCUT2D eigenvalue weighted by molar-refractivity contribution is 6.06. The number of nitrogens with one attached hydrogen (secondary N) is 2. The van der Waals surface area contributed by atoms with Gasteiger partial charge < -0.3 is 15.5 Å². The molecule has 2 amide bonds. The quantitative estimate of drug-likeness (QED) is 0.603. The summed E-state index contributed by atoms with van der Waals surface area (Å²) < 4.78 is 0. The largest absolute Gasteiger partial charge is 0.351 e. The van der Waals surface area contributed by atoms with Gasteiger partial charge in [0.2, 0.25) is 5.91 Å². The third-order valence-electron chi connectivity index (χ3n) is 8.06. The standard InChI is InChI=1S/C29H30N4O2/c1-19-5-2-3-6-24(19)22-10-13-33(18-22)14-12-31-27(34)20-8-9-21-16-29(17-23(21)15-20)25-7-4-11-30-26(25)32-28(29)35/h2-9,11,15,22H,10,12-14,16-18H2,1H3,(H,31,34)(H,30,32,35)/t22-,29?/m1/s1. The van der Waals surface area contributed by atoms with Gasteiger partial charge in [-0.15, -0.1) is 0 Å². The number of rotatable bonds is 5. The molecule has 2 aromatic carbocycles. The predicted molar refractivity (Wildman–Crippen MR) is 136 cm³/mol. The zero-order valence-corrected chi connectivity index (χ0v) is 20.0. The number of benzene rings is 2. The van der Waals surface area contributed by atoms with Gasteiger partial charge >= 0.3 is 0 Å². The lowest BCUT2D eigenvalue weighted by atomic mass is 9.79. The van der Waals surface area contributed by atoms with Crippen molar-refractivity contribution < 1.29 is 9.59 Å². The number of hydrogen-bond donors (Lipinski definition) is 2. The first-order valence-electron chi connectivity index (χ1n) is 12.5. The molecule has 1 saturated heterocycles. The van der Waals surface area contributed by atoms with Crippen LogP contribution in [0, 0.1) is 6.92 Å². The summed E-state index contributed by atoms with van der Waals surface area (Å²) in [5.74, 6) is 1.18. The molecule has 0 saturated carbocycles. The van der Waals surface area contributed by atoms with Crippen molar-refractivity contribution >= 4 is 17.6 Å². The number of carbonyl (C=O) groups excluding carboxylic acids is 2. The van der Waals surface area contributed by atoms with Gasteiger partial charge in [-0.05, 0) is 79.1 Å². The van der Waals surface area contributed by atoms with Crippen LogP contribution in [0.4, 0.5) is 5.82 Å². The Labute approximate surface area is 205 Å². The van der Waals surface area contributed by atoms with Gasteiger partial charge in [-0.2, -0.15) is 0 Å². The molecule has 6 rings (SSSR count). The molecule has 6 heteroatoms. The zero-order chi connectivity index (χ0) is 24.0. The number of hydrogen-bond acceptors (Lipinski definition) is 4. The van der Waals surface area contributed by atoms with E-state index in [0.29, 0.717) is 36.7 Å². The number of anilines is 1. The minimum Gasteiger partial charge on any atom is -0.351 e. The van der Waals surface area contributed by atoms with Crippen LogP contribution in [-0.4, -0.2) is 47.9 Å². The van der Waals surface area contributed by atoms with Crippen molar-refractivity contribution in [2.75, 3.05) is 31.5 Å². The Kier molecular flexibility index (Phi) is 5.41. The summed E-state index contributed by atoms with van der Waals surface area (Å²) in [4.78, 5) is 32.6. The Morgan fingerprint density at radius 1 is 1.14 bits per heavy atom. The third-order valence-corrected chi connectivity index (χ3v) is 8.06. The van der Waals surface area contributed by atoms with Crippen LogP contribution in [-0.2, 0) is 23.1 Å². The molecule has 2 atom stereocenters. The van der Waals surface area contributed by atoms with Crippen molar-refractivity contribution in [2.24, 2.45) is 0 Å². The van der Waals surface area contributed by atoms with Crippen molar-refractivity contribution in [1.29, 1.82) is 0 Å². The summed E-state index contributed by atoms with van der Waals surface area (Å²) in [6.45, 7) is 5.77. The SMILES string of the molecule is Cc1ccccc1[C@@H]1CCN(CCNC(=O)c2ccc3c(c2)CC2(C3)C(=O)Nc3ncccc32)C1. The summed E-state index contributed by atoms with van der Waals surface area (Å²) in [6, 6.07) is 18.4. The summed E-state index contributed by atoms with van der Waals surface area (Å²) in [5, 5.41) is 6.04. The first-order chi connectivity index (χ1) is 17.0. The fourth-order valence-corrected chi connectivity index (χ4v) is 6.17. The molecule has 35 heavy (non-hydrogen) atoms. The molecule has 0 bridgehead atoms. The number of pyridine rings is 1. The lowest BCUT2D eigenvalue weighted by Crippen LogP contribution is -2.35. The molecule has 1 aromatic heterocycles. The molecule has 2 aliphatic heterocycles. The van der Waals surface area contributed by atoms with Crippen molar-refractivity contribution in [1.82, 2.24) is 15.2 Å². The van der Waals surface area contributed by atoms with Crippen LogP contribution < -0.4 is 10.6 Å². The minimum atomic E-state index is -0.607. The van der Waals surface area contributed by atoms with Crippen molar-refractivity contribution in [3.8, 4) is 0 Å². The molecule has 3 heterocycles. The maximum Gasteiger partial charge on any atom is 0.251 e. The number of aromatic nitrogens is 1. The van der Waals surface area contributed by atoms with Crippen LogP contribution in [0.25, 0.3) is 0 Å². The van der Waals surface area contributed by atoms with Crippen molar-refractivity contribution in [3.63, 3.8) is 0 Å². The van der Waals surface area contributed by atoms with Gasteiger partial charge in [0.05, 0.1) is 5.41 Å². The first kappa shape index (κ1) is 22.0. The number of nitrogens with zero attached hydrogens (tertiary/aromatic N) is 2. The Morgan fingerprint density at radius 3 is 2.89 bits per heavy atom. The minimum absolute atomic E-state index is 0.00279. The normalized spacial score (nSPS) is 22.8. The summed E-state index contributed by atoms with van der Waals surface area (Å²) in [7, 11) is 0. The second-order valence-corrected chi connectivity index (χ2v) is 10.2. The van der Waals surface area contributed by atoms with Gasteiger partial charge in [-0.3, -0.25) is 9.59 Å². The molecule has 1 aliphatic carbocycles. The Balaban J connectivity index is 1.07. The highest BCUT2D eigenvalue weighted by Gasteiger charge is 2.51. The molecule has 3 aliphatic rings. The van der Waals surface area contributed by atoms with E-state index in [2.05, 4.69) is 51.7 Å². The molecule has 2 N–H and O–H groups in total. The highest BCUT2D eigenvalue weighted by atomic mass is 16.2. The first-order valence-corrected chi connectivity index (χ1v) is 12.5. The average molecular weight is 467 g/mol. The zero-order valence-electron chi connectivity index (χ0n) is 20.0. The second-order valence-electron chi connectivity index (χ2n) is 10.2. The van der Waals surface area contributed by atoms with Gasteiger partial charge in [0.15, 0.2) is 0 Å². The molecule has 1 fully saturated rings. The summed E-state index contributed by atoms with van der Waals surface area (Å²) in [6.07, 6.45) is 4.11.